The molecule has 0 aromatic heterocycles. The summed E-state index contributed by atoms with van der Waals surface area (Å²) in [5.41, 5.74) is 8.76. The maximum atomic E-state index is 5.40. The van der Waals surface area contributed by atoms with Crippen molar-refractivity contribution in [3.05, 3.63) is 78.4 Å². The van der Waals surface area contributed by atoms with Crippen LogP contribution < -0.4 is 20.3 Å². The molecule has 26 heavy (non-hydrogen) atoms. The Morgan fingerprint density at radius 2 is 1.54 bits per heavy atom. The van der Waals surface area contributed by atoms with Crippen molar-refractivity contribution < 1.29 is 9.47 Å². The third-order valence-corrected chi connectivity index (χ3v) is 4.95. The molecule has 134 valence electrons. The van der Waals surface area contributed by atoms with Gasteiger partial charge in [0.2, 0.25) is 0 Å². The van der Waals surface area contributed by atoms with Crippen LogP contribution in [-0.2, 0) is 6.54 Å². The van der Waals surface area contributed by atoms with E-state index in [9.17, 15) is 0 Å². The molecule has 0 heterocycles. The Morgan fingerprint density at radius 1 is 0.808 bits per heavy atom. The van der Waals surface area contributed by atoms with Gasteiger partial charge in [0.05, 0.1) is 14.2 Å². The molecule has 0 aliphatic rings. The van der Waals surface area contributed by atoms with Crippen LogP contribution in [0.2, 0.25) is 0 Å². The molecule has 0 saturated carbocycles. The lowest BCUT2D eigenvalue weighted by Gasteiger charge is -2.13. The number of benzene rings is 3. The van der Waals surface area contributed by atoms with E-state index in [0.29, 0.717) is 6.54 Å². The van der Waals surface area contributed by atoms with E-state index in [1.165, 1.54) is 10.5 Å². The first-order chi connectivity index (χ1) is 12.8. The van der Waals surface area contributed by atoms with Crippen LogP contribution in [0.15, 0.2) is 82.6 Å². The van der Waals surface area contributed by atoms with Crippen molar-refractivity contribution in [2.75, 3.05) is 19.6 Å². The van der Waals surface area contributed by atoms with Crippen LogP contribution >= 0.6 is 11.8 Å². The van der Waals surface area contributed by atoms with Gasteiger partial charge in [-0.1, -0.05) is 48.2 Å². The Balaban J connectivity index is 1.69. The Bertz CT molecular complexity index is 840. The molecule has 0 aliphatic carbocycles. The van der Waals surface area contributed by atoms with Gasteiger partial charge in [-0.05, 0) is 42.0 Å². The van der Waals surface area contributed by atoms with Crippen molar-refractivity contribution in [2.45, 2.75) is 16.3 Å². The zero-order valence-electron chi connectivity index (χ0n) is 14.9. The van der Waals surface area contributed by atoms with Gasteiger partial charge in [-0.2, -0.15) is 0 Å². The molecular weight excluding hydrogens is 344 g/mol. The summed E-state index contributed by atoms with van der Waals surface area (Å²) in [5.74, 6) is 1.47. The summed E-state index contributed by atoms with van der Waals surface area (Å²) in [7, 11) is 3.30. The minimum Gasteiger partial charge on any atom is -0.493 e. The predicted molar refractivity (Wildman–Crippen MR) is 107 cm³/mol. The van der Waals surface area contributed by atoms with Crippen molar-refractivity contribution in [3.63, 3.8) is 0 Å². The van der Waals surface area contributed by atoms with E-state index in [1.54, 1.807) is 26.0 Å². The fourth-order valence-corrected chi connectivity index (χ4v) is 3.49. The van der Waals surface area contributed by atoms with Crippen molar-refractivity contribution in [3.8, 4) is 11.5 Å². The summed E-state index contributed by atoms with van der Waals surface area (Å²) in [6, 6.07) is 24.4. The summed E-state index contributed by atoms with van der Waals surface area (Å²) in [5, 5.41) is 0. The van der Waals surface area contributed by atoms with Crippen LogP contribution in [0.1, 0.15) is 5.56 Å². The molecule has 0 amide bonds. The molecule has 0 fully saturated rings. The fourth-order valence-electron chi connectivity index (χ4n) is 2.52. The lowest BCUT2D eigenvalue weighted by Crippen LogP contribution is -2.21. The molecule has 5 heteroatoms. The summed E-state index contributed by atoms with van der Waals surface area (Å²) < 4.78 is 10.7. The van der Waals surface area contributed by atoms with Gasteiger partial charge in [-0.25, -0.2) is 5.43 Å². The SMILES string of the molecule is COc1ccc(Sc2ccccc2CNNc2ccccc2)cc1OC. The van der Waals surface area contributed by atoms with E-state index in [-0.39, 0.29) is 0 Å². The molecule has 0 spiro atoms. The minimum absolute atomic E-state index is 0.714. The largest absolute Gasteiger partial charge is 0.493 e. The highest BCUT2D eigenvalue weighted by Gasteiger charge is 2.08. The fraction of sp³-hybridized carbons (Fsp3) is 0.143. The van der Waals surface area contributed by atoms with Gasteiger partial charge in [0, 0.05) is 22.0 Å². The van der Waals surface area contributed by atoms with Gasteiger partial charge in [0.1, 0.15) is 0 Å². The van der Waals surface area contributed by atoms with Crippen LogP contribution in [0.3, 0.4) is 0 Å². The molecule has 3 aromatic carbocycles. The van der Waals surface area contributed by atoms with Crippen molar-refractivity contribution in [2.24, 2.45) is 0 Å². The number of hydrogen-bond donors (Lipinski definition) is 2. The topological polar surface area (TPSA) is 42.5 Å². The highest BCUT2D eigenvalue weighted by atomic mass is 32.2. The summed E-state index contributed by atoms with van der Waals surface area (Å²) in [6.07, 6.45) is 0. The molecule has 3 rings (SSSR count). The van der Waals surface area contributed by atoms with Crippen LogP contribution in [0, 0.1) is 0 Å². The maximum Gasteiger partial charge on any atom is 0.161 e. The Kier molecular flexibility index (Phi) is 6.41. The summed E-state index contributed by atoms with van der Waals surface area (Å²) >= 11 is 1.71. The van der Waals surface area contributed by atoms with E-state index in [2.05, 4.69) is 35.1 Å². The van der Waals surface area contributed by atoms with Gasteiger partial charge < -0.3 is 14.9 Å². The van der Waals surface area contributed by atoms with Gasteiger partial charge in [-0.3, -0.25) is 0 Å². The summed E-state index contributed by atoms with van der Waals surface area (Å²) in [4.78, 5) is 2.30. The van der Waals surface area contributed by atoms with E-state index >= 15 is 0 Å². The van der Waals surface area contributed by atoms with E-state index in [4.69, 9.17) is 9.47 Å². The molecule has 0 atom stereocenters. The number of rotatable bonds is 8. The van der Waals surface area contributed by atoms with Crippen molar-refractivity contribution in [1.82, 2.24) is 5.43 Å². The third-order valence-electron chi connectivity index (χ3n) is 3.84. The van der Waals surface area contributed by atoms with E-state index in [0.717, 1.165) is 22.1 Å². The molecule has 2 N–H and O–H groups in total. The van der Waals surface area contributed by atoms with Gasteiger partial charge in [-0.15, -0.1) is 0 Å². The molecule has 0 bridgehead atoms. The highest BCUT2D eigenvalue weighted by molar-refractivity contribution is 7.99. The van der Waals surface area contributed by atoms with Gasteiger partial charge >= 0.3 is 0 Å². The second-order valence-corrected chi connectivity index (χ2v) is 6.69. The first-order valence-electron chi connectivity index (χ1n) is 8.32. The molecule has 0 radical (unpaired) electrons. The predicted octanol–water partition coefficient (Wildman–Crippen LogP) is 4.97. The number of anilines is 1. The van der Waals surface area contributed by atoms with Gasteiger partial charge in [0.15, 0.2) is 11.5 Å². The molecule has 3 aromatic rings. The standard InChI is InChI=1S/C21H22N2O2S/c1-24-19-13-12-18(14-20(19)25-2)26-21-11-7-6-8-16(21)15-22-23-17-9-4-3-5-10-17/h3-14,22-23H,15H2,1-2H3. The van der Waals surface area contributed by atoms with E-state index in [1.807, 2.05) is 48.5 Å². The van der Waals surface area contributed by atoms with Crippen LogP contribution in [0.25, 0.3) is 0 Å². The average Bonchev–Trinajstić information content (AvgIpc) is 2.70. The number of para-hydroxylation sites is 1. The number of ether oxygens (including phenoxy) is 2. The second-order valence-electron chi connectivity index (χ2n) is 5.57. The quantitative estimate of drug-likeness (QED) is 0.551. The molecule has 0 unspecified atom stereocenters. The van der Waals surface area contributed by atoms with Crippen LogP contribution in [0.5, 0.6) is 11.5 Å². The average molecular weight is 366 g/mol. The van der Waals surface area contributed by atoms with Crippen molar-refractivity contribution in [1.29, 1.82) is 0 Å². The molecular formula is C21H22N2O2S. The molecule has 0 saturated heterocycles. The Labute approximate surface area is 158 Å². The van der Waals surface area contributed by atoms with Crippen LogP contribution in [-0.4, -0.2) is 14.2 Å². The van der Waals surface area contributed by atoms with Crippen LogP contribution in [0.4, 0.5) is 5.69 Å². The first kappa shape index (κ1) is 18.2. The monoisotopic (exact) mass is 366 g/mol. The number of hydrogen-bond acceptors (Lipinski definition) is 5. The lowest BCUT2D eigenvalue weighted by molar-refractivity contribution is 0.354. The first-order valence-corrected chi connectivity index (χ1v) is 9.13. The number of methoxy groups -OCH3 is 2. The zero-order chi connectivity index (χ0) is 18.2. The number of hydrazine groups is 1. The minimum atomic E-state index is 0.714. The normalized spacial score (nSPS) is 10.4. The Hall–Kier alpha value is -2.63. The van der Waals surface area contributed by atoms with Crippen molar-refractivity contribution >= 4 is 17.4 Å². The molecule has 4 nitrogen and oxygen atoms in total. The lowest BCUT2D eigenvalue weighted by atomic mass is 10.2. The van der Waals surface area contributed by atoms with E-state index < -0.39 is 0 Å². The smallest absolute Gasteiger partial charge is 0.161 e. The molecule has 0 aliphatic heterocycles. The Morgan fingerprint density at radius 3 is 2.31 bits per heavy atom. The highest BCUT2D eigenvalue weighted by Crippen LogP contribution is 2.36. The second kappa shape index (κ2) is 9.17. The zero-order valence-corrected chi connectivity index (χ0v) is 15.7. The third kappa shape index (κ3) is 4.71. The van der Waals surface area contributed by atoms with Gasteiger partial charge in [0.25, 0.3) is 0 Å². The number of nitrogens with one attached hydrogen (secondary N) is 2. The summed E-state index contributed by atoms with van der Waals surface area (Å²) in [6.45, 7) is 0.714. The maximum absolute atomic E-state index is 5.40.